The summed E-state index contributed by atoms with van der Waals surface area (Å²) in [6.07, 6.45) is 3.34. The standard InChI is InChI=1S/C52H70N8O8/c1-11-59-42-17-16-34-26-38(42)39(47(59)37-14-12-18-53-45(37)31(2)3)27-52(6,7)30-68-51(66)40-15-13-19-60(55-40)49(64)41(24-33-22-35(34)25-36(61)23-33)54-48(63)46(32(4)5)57(9)44(62)29-56(8)50(65)43-28-58(43)20-21-67-10/h12,14,16-18,22-23,25-26,31-32,40-41,43,46,55,61H,11,13,15,19-21,24,27-30H2,1-10H3,(H,54,63)/t40-,41-,43?,46-,58?/m0/s1. The molecule has 2 aromatic carbocycles. The first-order valence-corrected chi connectivity index (χ1v) is 24.0. The fourth-order valence-electron chi connectivity index (χ4n) is 9.94. The van der Waals surface area contributed by atoms with E-state index in [-0.39, 0.29) is 55.7 Å². The van der Waals surface area contributed by atoms with Gasteiger partial charge in [0, 0.05) is 81.9 Å². The zero-order valence-corrected chi connectivity index (χ0v) is 41.4. The van der Waals surface area contributed by atoms with E-state index in [0.29, 0.717) is 51.1 Å². The maximum atomic E-state index is 14.7. The maximum absolute atomic E-state index is 14.7. The number of hydrazine groups is 1. The van der Waals surface area contributed by atoms with E-state index in [1.165, 1.54) is 21.9 Å². The number of benzene rings is 2. The highest BCUT2D eigenvalue weighted by molar-refractivity contribution is 5.96. The van der Waals surface area contributed by atoms with Crippen molar-refractivity contribution in [3.63, 3.8) is 0 Å². The van der Waals surface area contributed by atoms with Crippen LogP contribution in [0.15, 0.2) is 54.7 Å². The Labute approximate surface area is 400 Å². The van der Waals surface area contributed by atoms with E-state index in [9.17, 15) is 29.1 Å². The van der Waals surface area contributed by atoms with Crippen LogP contribution in [-0.2, 0) is 52.8 Å². The molecule has 0 aliphatic carbocycles. The summed E-state index contributed by atoms with van der Waals surface area (Å²) in [6.45, 7) is 16.8. The minimum absolute atomic E-state index is 0.00869. The summed E-state index contributed by atoms with van der Waals surface area (Å²) < 4.78 is 13.6. The molecule has 5 heterocycles. The van der Waals surface area contributed by atoms with Gasteiger partial charge < -0.3 is 34.3 Å². The van der Waals surface area contributed by atoms with Gasteiger partial charge in [-0.15, -0.1) is 0 Å². The van der Waals surface area contributed by atoms with Gasteiger partial charge in [0.1, 0.15) is 29.9 Å². The molecule has 2 unspecified atom stereocenters. The van der Waals surface area contributed by atoms with Crippen molar-refractivity contribution in [1.82, 2.24) is 40.0 Å². The number of fused-ring (bicyclic) bond motifs is 6. The molecule has 3 aliphatic rings. The third-order valence-electron chi connectivity index (χ3n) is 13.5. The predicted octanol–water partition coefficient (Wildman–Crippen LogP) is 5.14. The third-order valence-corrected chi connectivity index (χ3v) is 13.5. The third kappa shape index (κ3) is 10.9. The number of amides is 4. The van der Waals surface area contributed by atoms with Crippen LogP contribution >= 0.6 is 0 Å². The van der Waals surface area contributed by atoms with Gasteiger partial charge in [-0.1, -0.05) is 53.7 Å². The van der Waals surface area contributed by atoms with E-state index in [1.54, 1.807) is 26.3 Å². The summed E-state index contributed by atoms with van der Waals surface area (Å²) in [7, 11) is 4.71. The second-order valence-electron chi connectivity index (χ2n) is 20.2. The van der Waals surface area contributed by atoms with Gasteiger partial charge >= 0.3 is 5.97 Å². The Kier molecular flexibility index (Phi) is 15.3. The van der Waals surface area contributed by atoms with Gasteiger partial charge in [-0.25, -0.2) is 5.43 Å². The van der Waals surface area contributed by atoms with E-state index < -0.39 is 47.2 Å². The first-order chi connectivity index (χ1) is 32.3. The highest BCUT2D eigenvalue weighted by Gasteiger charge is 2.43. The number of nitrogens with zero attached hydrogens (tertiary/aromatic N) is 6. The Balaban J connectivity index is 1.25. The van der Waals surface area contributed by atoms with Crippen LogP contribution in [0.1, 0.15) is 84.0 Å². The number of hydrogen-bond donors (Lipinski definition) is 3. The minimum atomic E-state index is -1.18. The van der Waals surface area contributed by atoms with Gasteiger partial charge in [0.2, 0.25) is 17.7 Å². The van der Waals surface area contributed by atoms with Crippen molar-refractivity contribution < 1.29 is 38.6 Å². The SMILES string of the molecule is CCn1c(-c2cccnc2C(C)C)c2c3cc(ccc31)-c1cc(O)cc(c1)C[C@H](NC(=O)[C@H](C(C)C)N(C)C(=O)CN(C)C(=O)C1CN1CCOC)C(=O)N1CCC[C@H](N1)C(=O)OCC(C)(C)C2. The van der Waals surface area contributed by atoms with Gasteiger partial charge in [-0.3, -0.25) is 38.9 Å². The molecule has 0 radical (unpaired) electrons. The lowest BCUT2D eigenvalue weighted by molar-refractivity contribution is -0.155. The average molecular weight is 935 g/mol. The fourth-order valence-corrected chi connectivity index (χ4v) is 9.94. The van der Waals surface area contributed by atoms with Crippen molar-refractivity contribution in [1.29, 1.82) is 0 Å². The van der Waals surface area contributed by atoms with Crippen LogP contribution in [0.3, 0.4) is 0 Å². The lowest BCUT2D eigenvalue weighted by atomic mass is 9.83. The Morgan fingerprint density at radius 2 is 1.82 bits per heavy atom. The molecule has 5 atom stereocenters. The van der Waals surface area contributed by atoms with Crippen molar-refractivity contribution >= 4 is 40.5 Å². The summed E-state index contributed by atoms with van der Waals surface area (Å²) >= 11 is 0. The van der Waals surface area contributed by atoms with Crippen molar-refractivity contribution in [3.05, 3.63) is 71.5 Å². The number of likely N-dealkylation sites (N-methyl/N-ethyl adjacent to an activating group) is 2. The Morgan fingerprint density at radius 1 is 1.06 bits per heavy atom. The van der Waals surface area contributed by atoms with Crippen molar-refractivity contribution in [2.24, 2.45) is 11.3 Å². The second kappa shape index (κ2) is 20.8. The van der Waals surface area contributed by atoms with Crippen molar-refractivity contribution in [2.75, 3.05) is 60.6 Å². The molecule has 2 saturated heterocycles. The van der Waals surface area contributed by atoms with E-state index in [0.717, 1.165) is 44.5 Å². The summed E-state index contributed by atoms with van der Waals surface area (Å²) in [5.74, 6) is -2.36. The molecular formula is C52H70N8O8. The lowest BCUT2D eigenvalue weighted by Crippen LogP contribution is -2.62. The summed E-state index contributed by atoms with van der Waals surface area (Å²) in [4.78, 5) is 79.7. The molecule has 7 rings (SSSR count). The molecule has 4 aromatic rings. The highest BCUT2D eigenvalue weighted by Crippen LogP contribution is 2.42. The molecule has 2 fully saturated rings. The smallest absolute Gasteiger partial charge is 0.324 e. The van der Waals surface area contributed by atoms with Gasteiger partial charge in [-0.05, 0) is 96.7 Å². The van der Waals surface area contributed by atoms with Crippen LogP contribution in [0.5, 0.6) is 5.75 Å². The summed E-state index contributed by atoms with van der Waals surface area (Å²) in [6, 6.07) is 12.3. The van der Waals surface area contributed by atoms with E-state index in [4.69, 9.17) is 14.5 Å². The van der Waals surface area contributed by atoms with Crippen LogP contribution in [0, 0.1) is 11.3 Å². The van der Waals surface area contributed by atoms with Crippen LogP contribution in [0.4, 0.5) is 0 Å². The Hall–Kier alpha value is -5.84. The molecule has 0 saturated carbocycles. The van der Waals surface area contributed by atoms with Gasteiger partial charge in [0.15, 0.2) is 0 Å². The molecule has 3 N–H and O–H groups in total. The first-order valence-electron chi connectivity index (χ1n) is 24.0. The normalized spacial score (nSPS) is 21.0. The van der Waals surface area contributed by atoms with Gasteiger partial charge in [0.05, 0.1) is 31.1 Å². The van der Waals surface area contributed by atoms with Crippen LogP contribution in [0.2, 0.25) is 0 Å². The summed E-state index contributed by atoms with van der Waals surface area (Å²) in [5.41, 5.74) is 10.0. The summed E-state index contributed by atoms with van der Waals surface area (Å²) in [5, 5.41) is 16.7. The number of rotatable bonds is 13. The Morgan fingerprint density at radius 3 is 2.53 bits per heavy atom. The number of aromatic nitrogens is 2. The predicted molar refractivity (Wildman–Crippen MR) is 260 cm³/mol. The molecule has 16 nitrogen and oxygen atoms in total. The lowest BCUT2D eigenvalue weighted by Gasteiger charge is -2.37. The number of carbonyl (C=O) groups excluding carboxylic acids is 5. The van der Waals surface area contributed by atoms with Crippen LogP contribution in [-0.4, -0.2) is 149 Å². The number of phenolic OH excluding ortho intramolecular Hbond substituents is 1. The van der Waals surface area contributed by atoms with Gasteiger partial charge in [-0.2, -0.15) is 0 Å². The van der Waals surface area contributed by atoms with Crippen molar-refractivity contribution in [2.45, 2.75) is 111 Å². The monoisotopic (exact) mass is 935 g/mol. The number of esters is 1. The molecular weight excluding hydrogens is 865 g/mol. The number of hydrogen-bond acceptors (Lipinski definition) is 11. The second-order valence-corrected chi connectivity index (χ2v) is 20.2. The molecule has 4 amide bonds. The largest absolute Gasteiger partial charge is 0.508 e. The average Bonchev–Trinajstić information content (AvgIpc) is 4.02. The molecule has 16 heteroatoms. The number of cyclic esters (lactones) is 1. The van der Waals surface area contributed by atoms with Crippen LogP contribution in [0.25, 0.3) is 33.3 Å². The molecule has 68 heavy (non-hydrogen) atoms. The number of phenols is 1. The van der Waals surface area contributed by atoms with Gasteiger partial charge in [0.25, 0.3) is 5.91 Å². The molecule has 0 spiro atoms. The van der Waals surface area contributed by atoms with E-state index in [2.05, 4.69) is 68.1 Å². The zero-order valence-electron chi connectivity index (χ0n) is 41.4. The highest BCUT2D eigenvalue weighted by atomic mass is 16.5. The van der Waals surface area contributed by atoms with E-state index >= 15 is 0 Å². The quantitative estimate of drug-likeness (QED) is 0.120. The number of methoxy groups -OCH3 is 1. The number of nitrogens with one attached hydrogen (secondary N) is 2. The van der Waals surface area contributed by atoms with E-state index in [1.807, 2.05) is 43.1 Å². The number of aromatic hydroxyl groups is 1. The number of carbonyl (C=O) groups is 5. The zero-order chi connectivity index (χ0) is 49.2. The molecule has 2 aromatic heterocycles. The number of aryl methyl sites for hydroxylation is 1. The van der Waals surface area contributed by atoms with Crippen molar-refractivity contribution in [3.8, 4) is 28.1 Å². The minimum Gasteiger partial charge on any atom is -0.508 e. The van der Waals surface area contributed by atoms with Crippen LogP contribution < -0.4 is 10.7 Å². The Bertz CT molecular complexity index is 2540. The molecule has 3 aliphatic heterocycles. The first kappa shape index (κ1) is 50.0. The fraction of sp³-hybridized carbons (Fsp3) is 0.538. The maximum Gasteiger partial charge on any atom is 0.324 e. The molecule has 366 valence electrons. The number of pyridine rings is 1. The number of ether oxygens (including phenoxy) is 2. The molecule has 6 bridgehead atoms. The topological polar surface area (TPSA) is 179 Å².